The second kappa shape index (κ2) is 7.17. The molecule has 0 fully saturated rings. The minimum absolute atomic E-state index is 0.162. The van der Waals surface area contributed by atoms with E-state index in [0.717, 1.165) is 0 Å². The van der Waals surface area contributed by atoms with E-state index in [0.29, 0.717) is 32.7 Å². The lowest BCUT2D eigenvalue weighted by molar-refractivity contribution is -0.129. The summed E-state index contributed by atoms with van der Waals surface area (Å²) in [6.45, 7) is 0. The smallest absolute Gasteiger partial charge is 0.363 e. The van der Waals surface area contributed by atoms with Crippen LogP contribution in [0.4, 0.5) is 0 Å². The summed E-state index contributed by atoms with van der Waals surface area (Å²) in [7, 11) is 3.08. The molecule has 0 unspecified atom stereocenters. The summed E-state index contributed by atoms with van der Waals surface area (Å²) >= 11 is 11.9. The van der Waals surface area contributed by atoms with Gasteiger partial charge in [0.25, 0.3) is 0 Å². The Bertz CT molecular complexity index is 884. The van der Waals surface area contributed by atoms with Crippen LogP contribution in [0.5, 0.6) is 11.5 Å². The molecule has 0 aromatic heterocycles. The van der Waals surface area contributed by atoms with E-state index in [1.165, 1.54) is 14.2 Å². The summed E-state index contributed by atoms with van der Waals surface area (Å²) in [5.41, 5.74) is 1.42. The number of halogens is 2. The minimum atomic E-state index is -0.553. The first-order valence-corrected chi connectivity index (χ1v) is 7.97. The lowest BCUT2D eigenvalue weighted by atomic mass is 10.2. The van der Waals surface area contributed by atoms with Gasteiger partial charge in [-0.2, -0.15) is 0 Å². The van der Waals surface area contributed by atoms with Crippen molar-refractivity contribution in [1.82, 2.24) is 0 Å². The van der Waals surface area contributed by atoms with Crippen molar-refractivity contribution in [2.75, 3.05) is 14.2 Å². The number of carbonyl (C=O) groups is 1. The molecule has 0 saturated heterocycles. The van der Waals surface area contributed by atoms with E-state index in [4.69, 9.17) is 37.4 Å². The van der Waals surface area contributed by atoms with Gasteiger partial charge in [-0.15, -0.1) is 0 Å². The van der Waals surface area contributed by atoms with Crippen molar-refractivity contribution in [2.45, 2.75) is 0 Å². The Kier molecular flexibility index (Phi) is 4.97. The summed E-state index contributed by atoms with van der Waals surface area (Å²) < 4.78 is 15.7. The average molecular weight is 378 g/mol. The summed E-state index contributed by atoms with van der Waals surface area (Å²) in [4.78, 5) is 16.4. The van der Waals surface area contributed by atoms with Crippen LogP contribution in [0, 0.1) is 0 Å². The van der Waals surface area contributed by atoms with Crippen molar-refractivity contribution in [1.29, 1.82) is 0 Å². The van der Waals surface area contributed by atoms with Crippen LogP contribution < -0.4 is 9.47 Å². The first-order valence-electron chi connectivity index (χ1n) is 7.21. The number of nitrogens with zero attached hydrogens (tertiary/aromatic N) is 1. The van der Waals surface area contributed by atoms with Crippen molar-refractivity contribution in [3.05, 3.63) is 63.3 Å². The van der Waals surface area contributed by atoms with Crippen molar-refractivity contribution in [2.24, 2.45) is 4.99 Å². The van der Waals surface area contributed by atoms with Crippen molar-refractivity contribution >= 4 is 41.1 Å². The second-order valence-corrected chi connectivity index (χ2v) is 5.93. The monoisotopic (exact) mass is 377 g/mol. The third-order valence-corrected chi connectivity index (χ3v) is 4.20. The van der Waals surface area contributed by atoms with E-state index in [9.17, 15) is 4.79 Å². The number of carbonyl (C=O) groups excluding carboxylic acids is 1. The van der Waals surface area contributed by atoms with Crippen LogP contribution in [0.1, 0.15) is 11.1 Å². The molecule has 0 radical (unpaired) electrons. The number of benzene rings is 2. The fourth-order valence-electron chi connectivity index (χ4n) is 2.22. The number of cyclic esters (lactones) is 1. The normalized spacial score (nSPS) is 15.1. The van der Waals surface area contributed by atoms with Gasteiger partial charge in [0.2, 0.25) is 5.90 Å². The van der Waals surface area contributed by atoms with Crippen LogP contribution in [0.15, 0.2) is 47.1 Å². The van der Waals surface area contributed by atoms with Crippen molar-refractivity contribution in [3.63, 3.8) is 0 Å². The highest BCUT2D eigenvalue weighted by atomic mass is 35.5. The zero-order chi connectivity index (χ0) is 18.0. The van der Waals surface area contributed by atoms with Gasteiger partial charge in [0, 0.05) is 11.6 Å². The van der Waals surface area contributed by atoms with Crippen LogP contribution in [0.2, 0.25) is 10.0 Å². The van der Waals surface area contributed by atoms with Gasteiger partial charge in [-0.05, 0) is 35.9 Å². The molecule has 0 amide bonds. The molecule has 1 aliphatic heterocycles. The first kappa shape index (κ1) is 17.3. The Balaban J connectivity index is 1.97. The van der Waals surface area contributed by atoms with Crippen molar-refractivity contribution in [3.8, 4) is 11.5 Å². The van der Waals surface area contributed by atoms with E-state index < -0.39 is 5.97 Å². The van der Waals surface area contributed by atoms with E-state index in [1.807, 2.05) is 0 Å². The maximum Gasteiger partial charge on any atom is 0.363 e. The molecule has 7 heteroatoms. The number of ether oxygens (including phenoxy) is 3. The molecular formula is C18H13Cl2NO4. The molecule has 5 nitrogen and oxygen atoms in total. The molecule has 0 spiro atoms. The van der Waals surface area contributed by atoms with Gasteiger partial charge in [-0.3, -0.25) is 0 Å². The highest BCUT2D eigenvalue weighted by molar-refractivity contribution is 6.42. The number of esters is 1. The Morgan fingerprint density at radius 3 is 2.28 bits per heavy atom. The maximum atomic E-state index is 12.1. The number of hydrogen-bond donors (Lipinski definition) is 0. The topological polar surface area (TPSA) is 57.1 Å². The van der Waals surface area contributed by atoms with E-state index in [-0.39, 0.29) is 11.6 Å². The molecule has 2 aromatic rings. The number of hydrogen-bond acceptors (Lipinski definition) is 5. The third kappa shape index (κ3) is 3.78. The highest BCUT2D eigenvalue weighted by Gasteiger charge is 2.25. The molecular weight excluding hydrogens is 365 g/mol. The standard InChI is InChI=1S/C18H13Cl2NO4/c1-23-12-7-11(8-13(9-12)24-2)17-21-16(18(22)25-17)6-10-3-4-14(19)15(20)5-10/h3-9H,1-2H3. The molecule has 0 atom stereocenters. The van der Waals surface area contributed by atoms with E-state index >= 15 is 0 Å². The van der Waals surface area contributed by atoms with Gasteiger partial charge in [0.05, 0.1) is 24.3 Å². The lowest BCUT2D eigenvalue weighted by Gasteiger charge is -2.07. The van der Waals surface area contributed by atoms with Crippen LogP contribution in [0.25, 0.3) is 6.08 Å². The molecule has 0 saturated carbocycles. The van der Waals surface area contributed by atoms with Gasteiger partial charge < -0.3 is 14.2 Å². The molecule has 2 aromatic carbocycles. The zero-order valence-electron chi connectivity index (χ0n) is 13.4. The molecule has 0 aliphatic carbocycles. The zero-order valence-corrected chi connectivity index (χ0v) is 14.9. The maximum absolute atomic E-state index is 12.1. The molecule has 0 N–H and O–H groups in total. The predicted molar refractivity (Wildman–Crippen MR) is 96.6 cm³/mol. The van der Waals surface area contributed by atoms with Gasteiger partial charge in [0.1, 0.15) is 11.5 Å². The van der Waals surface area contributed by atoms with Crippen LogP contribution >= 0.6 is 23.2 Å². The Morgan fingerprint density at radius 2 is 1.68 bits per heavy atom. The van der Waals surface area contributed by atoms with E-state index in [1.54, 1.807) is 42.5 Å². The lowest BCUT2D eigenvalue weighted by Crippen LogP contribution is -2.06. The Morgan fingerprint density at radius 1 is 1.00 bits per heavy atom. The summed E-state index contributed by atoms with van der Waals surface area (Å²) in [5.74, 6) is 0.751. The van der Waals surface area contributed by atoms with Gasteiger partial charge >= 0.3 is 5.97 Å². The molecule has 3 rings (SSSR count). The fraction of sp³-hybridized carbons (Fsp3) is 0.111. The molecule has 1 aliphatic rings. The van der Waals surface area contributed by atoms with Crippen LogP contribution in [-0.2, 0) is 9.53 Å². The fourth-order valence-corrected chi connectivity index (χ4v) is 2.53. The number of methoxy groups -OCH3 is 2. The first-order chi connectivity index (χ1) is 12.0. The number of rotatable bonds is 4. The summed E-state index contributed by atoms with van der Waals surface area (Å²) in [6, 6.07) is 10.2. The van der Waals surface area contributed by atoms with Gasteiger partial charge in [-0.1, -0.05) is 29.3 Å². The summed E-state index contributed by atoms with van der Waals surface area (Å²) in [5, 5.41) is 0.828. The van der Waals surface area contributed by atoms with Crippen LogP contribution in [-0.4, -0.2) is 26.1 Å². The van der Waals surface area contributed by atoms with Crippen LogP contribution in [0.3, 0.4) is 0 Å². The quantitative estimate of drug-likeness (QED) is 0.586. The Labute approximate surface area is 154 Å². The summed E-state index contributed by atoms with van der Waals surface area (Å²) in [6.07, 6.45) is 1.58. The minimum Gasteiger partial charge on any atom is -0.497 e. The SMILES string of the molecule is COc1cc(OC)cc(C2=NC(=Cc3ccc(Cl)c(Cl)c3)C(=O)O2)c1. The molecule has 1 heterocycles. The molecule has 128 valence electrons. The van der Waals surface area contributed by atoms with E-state index in [2.05, 4.69) is 4.99 Å². The largest absolute Gasteiger partial charge is 0.497 e. The molecule has 25 heavy (non-hydrogen) atoms. The average Bonchev–Trinajstić information content (AvgIpc) is 2.98. The van der Waals surface area contributed by atoms with Gasteiger partial charge in [-0.25, -0.2) is 9.79 Å². The third-order valence-electron chi connectivity index (χ3n) is 3.47. The second-order valence-electron chi connectivity index (χ2n) is 5.11. The molecule has 0 bridgehead atoms. The highest BCUT2D eigenvalue weighted by Crippen LogP contribution is 2.28. The van der Waals surface area contributed by atoms with Crippen molar-refractivity contribution < 1.29 is 19.0 Å². The van der Waals surface area contributed by atoms with Gasteiger partial charge in [0.15, 0.2) is 5.70 Å². The number of aliphatic imine (C=N–C) groups is 1. The Hall–Kier alpha value is -2.50. The predicted octanol–water partition coefficient (Wildman–Crippen LogP) is 4.36.